The Labute approximate surface area is 128 Å². The number of carbonyl (C=O) groups excluding carboxylic acids is 2. The predicted octanol–water partition coefficient (Wildman–Crippen LogP) is 3.05. The van der Waals surface area contributed by atoms with Crippen molar-refractivity contribution in [2.24, 2.45) is 0 Å². The number of halogens is 3. The topological polar surface area (TPSA) is 68.3 Å². The zero-order chi connectivity index (χ0) is 16.3. The third-order valence-corrected chi connectivity index (χ3v) is 2.90. The molecule has 22 heavy (non-hydrogen) atoms. The standard InChI is InChI=1S/C14H9ClF2N2O3/c1-22-14(21)8-5-11(10(17)6-9(8)16)19-13(20)12-4-7(15)2-3-18-12/h2-6H,1H3,(H,19,20). The van der Waals surface area contributed by atoms with Crippen molar-refractivity contribution < 1.29 is 23.1 Å². The summed E-state index contributed by atoms with van der Waals surface area (Å²) >= 11 is 5.72. The molecule has 1 N–H and O–H groups in total. The van der Waals surface area contributed by atoms with E-state index in [4.69, 9.17) is 11.6 Å². The molecule has 0 unspecified atom stereocenters. The van der Waals surface area contributed by atoms with Crippen LogP contribution in [0.15, 0.2) is 30.5 Å². The summed E-state index contributed by atoms with van der Waals surface area (Å²) in [5, 5.41) is 2.46. The molecule has 0 aliphatic carbocycles. The molecule has 1 aromatic heterocycles. The normalized spacial score (nSPS) is 10.2. The van der Waals surface area contributed by atoms with E-state index < -0.39 is 29.1 Å². The molecule has 1 heterocycles. The van der Waals surface area contributed by atoms with E-state index in [-0.39, 0.29) is 16.4 Å². The zero-order valence-corrected chi connectivity index (χ0v) is 11.9. The minimum Gasteiger partial charge on any atom is -0.465 e. The number of pyridine rings is 1. The lowest BCUT2D eigenvalue weighted by Gasteiger charge is -2.09. The Balaban J connectivity index is 2.33. The Morgan fingerprint density at radius 2 is 1.95 bits per heavy atom. The summed E-state index contributed by atoms with van der Waals surface area (Å²) in [5.74, 6) is -3.89. The predicted molar refractivity (Wildman–Crippen MR) is 74.9 cm³/mol. The van der Waals surface area contributed by atoms with Gasteiger partial charge in [-0.2, -0.15) is 0 Å². The van der Waals surface area contributed by atoms with Crippen LogP contribution in [-0.2, 0) is 4.74 Å². The molecule has 2 rings (SSSR count). The lowest BCUT2D eigenvalue weighted by Crippen LogP contribution is -2.16. The van der Waals surface area contributed by atoms with Crippen LogP contribution >= 0.6 is 11.6 Å². The van der Waals surface area contributed by atoms with Gasteiger partial charge in [-0.05, 0) is 18.2 Å². The number of carbonyl (C=O) groups is 2. The smallest absolute Gasteiger partial charge is 0.340 e. The Kier molecular flexibility index (Phi) is 4.67. The van der Waals surface area contributed by atoms with E-state index in [1.54, 1.807) is 0 Å². The molecule has 0 bridgehead atoms. The fourth-order valence-corrected chi connectivity index (χ4v) is 1.79. The van der Waals surface area contributed by atoms with Crippen molar-refractivity contribution in [3.05, 3.63) is 58.4 Å². The minimum atomic E-state index is -1.09. The maximum absolute atomic E-state index is 13.7. The van der Waals surface area contributed by atoms with Gasteiger partial charge in [0.2, 0.25) is 0 Å². The minimum absolute atomic E-state index is 0.0594. The SMILES string of the molecule is COC(=O)c1cc(NC(=O)c2cc(Cl)ccn2)c(F)cc1F. The molecule has 1 aromatic carbocycles. The Bertz CT molecular complexity index is 753. The van der Waals surface area contributed by atoms with E-state index in [9.17, 15) is 18.4 Å². The van der Waals surface area contributed by atoms with Crippen LogP contribution in [0.2, 0.25) is 5.02 Å². The number of anilines is 1. The molecule has 0 aliphatic rings. The summed E-state index contributed by atoms with van der Waals surface area (Å²) in [5.41, 5.74) is -0.942. The fourth-order valence-electron chi connectivity index (χ4n) is 1.63. The van der Waals surface area contributed by atoms with E-state index in [0.29, 0.717) is 6.07 Å². The lowest BCUT2D eigenvalue weighted by molar-refractivity contribution is 0.0595. The molecule has 0 atom stereocenters. The summed E-state index contributed by atoms with van der Waals surface area (Å²) in [6, 6.07) is 4.07. The molecular formula is C14H9ClF2N2O3. The zero-order valence-electron chi connectivity index (χ0n) is 11.2. The molecule has 2 aromatic rings. The van der Waals surface area contributed by atoms with Gasteiger partial charge >= 0.3 is 5.97 Å². The highest BCUT2D eigenvalue weighted by Crippen LogP contribution is 2.21. The number of esters is 1. The molecule has 0 saturated carbocycles. The van der Waals surface area contributed by atoms with Gasteiger partial charge in [0, 0.05) is 17.3 Å². The molecule has 0 saturated heterocycles. The third-order valence-electron chi connectivity index (χ3n) is 2.66. The van der Waals surface area contributed by atoms with E-state index in [1.165, 1.54) is 18.3 Å². The molecular weight excluding hydrogens is 318 g/mol. The monoisotopic (exact) mass is 326 g/mol. The van der Waals surface area contributed by atoms with Crippen molar-refractivity contribution in [3.8, 4) is 0 Å². The largest absolute Gasteiger partial charge is 0.465 e. The summed E-state index contributed by atoms with van der Waals surface area (Å²) < 4.78 is 31.6. The first-order valence-electron chi connectivity index (χ1n) is 5.92. The second-order valence-corrected chi connectivity index (χ2v) is 4.55. The highest BCUT2D eigenvalue weighted by molar-refractivity contribution is 6.30. The highest BCUT2D eigenvalue weighted by atomic mass is 35.5. The number of methoxy groups -OCH3 is 1. The third kappa shape index (κ3) is 3.37. The lowest BCUT2D eigenvalue weighted by atomic mass is 10.1. The molecule has 0 fully saturated rings. The number of nitrogens with zero attached hydrogens (tertiary/aromatic N) is 1. The first-order chi connectivity index (χ1) is 10.4. The fraction of sp³-hybridized carbons (Fsp3) is 0.0714. The number of rotatable bonds is 3. The number of nitrogens with one attached hydrogen (secondary N) is 1. The van der Waals surface area contributed by atoms with Crippen molar-refractivity contribution >= 4 is 29.2 Å². The van der Waals surface area contributed by atoms with Crippen LogP contribution in [0.5, 0.6) is 0 Å². The summed E-state index contributed by atoms with van der Waals surface area (Å²) in [7, 11) is 1.05. The molecule has 1 amide bonds. The van der Waals surface area contributed by atoms with E-state index in [2.05, 4.69) is 15.0 Å². The number of benzene rings is 1. The number of hydrogen-bond acceptors (Lipinski definition) is 4. The maximum atomic E-state index is 13.7. The van der Waals surface area contributed by atoms with Crippen LogP contribution < -0.4 is 5.32 Å². The summed E-state index contributed by atoms with van der Waals surface area (Å²) in [4.78, 5) is 27.1. The van der Waals surface area contributed by atoms with Crippen LogP contribution in [0.25, 0.3) is 0 Å². The van der Waals surface area contributed by atoms with Gasteiger partial charge in [-0.3, -0.25) is 9.78 Å². The van der Waals surface area contributed by atoms with Gasteiger partial charge in [-0.25, -0.2) is 13.6 Å². The number of amides is 1. The van der Waals surface area contributed by atoms with Crippen molar-refractivity contribution in [1.29, 1.82) is 0 Å². The van der Waals surface area contributed by atoms with Gasteiger partial charge in [-0.1, -0.05) is 11.6 Å². The number of ether oxygens (including phenoxy) is 1. The first-order valence-corrected chi connectivity index (χ1v) is 6.30. The molecule has 0 aliphatic heterocycles. The number of aromatic nitrogens is 1. The quantitative estimate of drug-likeness (QED) is 0.880. The van der Waals surface area contributed by atoms with Gasteiger partial charge in [0.25, 0.3) is 5.91 Å². The average molecular weight is 327 g/mol. The molecule has 5 nitrogen and oxygen atoms in total. The maximum Gasteiger partial charge on any atom is 0.340 e. The second-order valence-electron chi connectivity index (χ2n) is 4.12. The van der Waals surface area contributed by atoms with Crippen LogP contribution in [0.3, 0.4) is 0 Å². The summed E-state index contributed by atoms with van der Waals surface area (Å²) in [6.07, 6.45) is 1.30. The molecule has 0 spiro atoms. The molecule has 0 radical (unpaired) electrons. The Morgan fingerprint density at radius 1 is 1.23 bits per heavy atom. The van der Waals surface area contributed by atoms with E-state index in [1.807, 2.05) is 0 Å². The Hall–Kier alpha value is -2.54. The van der Waals surface area contributed by atoms with Crippen LogP contribution in [0, 0.1) is 11.6 Å². The van der Waals surface area contributed by atoms with Crippen molar-refractivity contribution in [2.75, 3.05) is 12.4 Å². The van der Waals surface area contributed by atoms with Gasteiger partial charge < -0.3 is 10.1 Å². The molecule has 8 heteroatoms. The van der Waals surface area contributed by atoms with Crippen LogP contribution in [0.1, 0.15) is 20.8 Å². The molecule has 114 valence electrons. The van der Waals surface area contributed by atoms with Crippen molar-refractivity contribution in [2.45, 2.75) is 0 Å². The van der Waals surface area contributed by atoms with E-state index >= 15 is 0 Å². The van der Waals surface area contributed by atoms with Crippen LogP contribution in [-0.4, -0.2) is 24.0 Å². The summed E-state index contributed by atoms with van der Waals surface area (Å²) in [6.45, 7) is 0. The highest BCUT2D eigenvalue weighted by Gasteiger charge is 2.18. The Morgan fingerprint density at radius 3 is 2.59 bits per heavy atom. The second kappa shape index (κ2) is 6.48. The number of hydrogen-bond donors (Lipinski definition) is 1. The average Bonchev–Trinajstić information content (AvgIpc) is 2.49. The van der Waals surface area contributed by atoms with Gasteiger partial charge in [0.05, 0.1) is 18.4 Å². The van der Waals surface area contributed by atoms with Gasteiger partial charge in [-0.15, -0.1) is 0 Å². The van der Waals surface area contributed by atoms with Gasteiger partial charge in [0.15, 0.2) is 0 Å². The van der Waals surface area contributed by atoms with Crippen molar-refractivity contribution in [3.63, 3.8) is 0 Å². The van der Waals surface area contributed by atoms with Crippen LogP contribution in [0.4, 0.5) is 14.5 Å². The van der Waals surface area contributed by atoms with Crippen molar-refractivity contribution in [1.82, 2.24) is 4.98 Å². The van der Waals surface area contributed by atoms with Gasteiger partial charge in [0.1, 0.15) is 17.3 Å². The van der Waals surface area contributed by atoms with E-state index in [0.717, 1.165) is 13.2 Å². The first kappa shape index (κ1) is 15.8.